The Balaban J connectivity index is 2.39. The summed E-state index contributed by atoms with van der Waals surface area (Å²) in [7, 11) is 0. The van der Waals surface area contributed by atoms with Gasteiger partial charge in [-0.3, -0.25) is 19.4 Å². The van der Waals surface area contributed by atoms with E-state index in [0.29, 0.717) is 12.8 Å². The molecule has 0 radical (unpaired) electrons. The monoisotopic (exact) mass is 677 g/mol. The number of hydrogen-bond acceptors (Lipinski definition) is 3. The average molecular weight is 677 g/mol. The van der Waals surface area contributed by atoms with Crippen molar-refractivity contribution in [2.45, 2.75) is 143 Å². The van der Waals surface area contributed by atoms with Crippen LogP contribution < -0.4 is 11.5 Å². The third-order valence-electron chi connectivity index (χ3n) is 10.00. The molecule has 2 aromatic carbocycles. The maximum absolute atomic E-state index is 15.1. The highest BCUT2D eigenvalue weighted by atomic mass is 16.2. The number of hydrogen-bond donors (Lipinski definition) is 2. The molecule has 7 heteroatoms. The fraction of sp³-hybridized carbons (Fsp3) is 0.643. The van der Waals surface area contributed by atoms with Gasteiger partial charge in [0.05, 0.1) is 13.1 Å². The van der Waals surface area contributed by atoms with Crippen LogP contribution >= 0.6 is 0 Å². The topological polar surface area (TPSA) is 113 Å². The van der Waals surface area contributed by atoms with Gasteiger partial charge in [0.1, 0.15) is 5.41 Å². The van der Waals surface area contributed by atoms with Crippen LogP contribution in [0.1, 0.15) is 142 Å². The summed E-state index contributed by atoms with van der Waals surface area (Å²) in [5.41, 5.74) is 12.5. The molecule has 0 aliphatic carbocycles. The highest BCUT2D eigenvalue weighted by Gasteiger charge is 2.57. The number of quaternary nitrogens is 2. The Hall–Kier alpha value is -3.03. The van der Waals surface area contributed by atoms with E-state index in [0.717, 1.165) is 37.1 Å². The number of benzene rings is 2. The molecule has 272 valence electrons. The Kier molecular flexibility index (Phi) is 12.4. The van der Waals surface area contributed by atoms with Gasteiger partial charge >= 0.3 is 6.03 Å². The maximum Gasteiger partial charge on any atom is 0.333 e. The molecule has 1 aliphatic rings. The van der Waals surface area contributed by atoms with Crippen molar-refractivity contribution in [3.05, 3.63) is 69.8 Å². The lowest BCUT2D eigenvalue weighted by Gasteiger charge is -2.45. The average Bonchev–Trinajstić information content (AvgIpc) is 2.97. The van der Waals surface area contributed by atoms with E-state index in [-0.39, 0.29) is 59.4 Å². The second-order valence-corrected chi connectivity index (χ2v) is 18.6. The van der Waals surface area contributed by atoms with Gasteiger partial charge < -0.3 is 11.5 Å². The highest BCUT2D eigenvalue weighted by Crippen LogP contribution is 2.41. The van der Waals surface area contributed by atoms with E-state index in [4.69, 9.17) is 0 Å². The third-order valence-corrected chi connectivity index (χ3v) is 10.00. The lowest BCUT2D eigenvalue weighted by molar-refractivity contribution is -0.368. The molecule has 0 bridgehead atoms. The minimum atomic E-state index is -1.49. The minimum absolute atomic E-state index is 0.136. The second kappa shape index (κ2) is 15.1. The lowest BCUT2D eigenvalue weighted by atomic mass is 9.70. The van der Waals surface area contributed by atoms with Gasteiger partial charge in [-0.2, -0.15) is 0 Å². The molecule has 3 rings (SSSR count). The highest BCUT2D eigenvalue weighted by molar-refractivity contribution is 6.19. The minimum Gasteiger partial charge on any atom is -0.358 e. The van der Waals surface area contributed by atoms with Crippen molar-refractivity contribution < 1.29 is 25.9 Å². The van der Waals surface area contributed by atoms with Crippen LogP contribution in [0.5, 0.6) is 0 Å². The van der Waals surface area contributed by atoms with E-state index in [1.807, 2.05) is 0 Å². The standard InChI is InChI=1S/C42H66N4O3/c1-38(2,3)31-21-29(22-32(25-31)39(4,5)6)27-42(28-30-23-33(40(7,8)9)26-34(24-30)41(10,11)12)35(47)45(19-15-13-17-43)37(49)46(36(42)48)20-16-14-18-44/h21-26H,13-20,27-28,43-44H2,1-12H3/p+2. The first-order valence-electron chi connectivity index (χ1n) is 18.5. The van der Waals surface area contributed by atoms with Crippen LogP contribution in [0.25, 0.3) is 0 Å². The summed E-state index contributed by atoms with van der Waals surface area (Å²) in [6.07, 6.45) is 3.33. The molecular weight excluding hydrogens is 608 g/mol. The fourth-order valence-electron chi connectivity index (χ4n) is 6.60. The van der Waals surface area contributed by atoms with Crippen molar-refractivity contribution in [1.82, 2.24) is 9.80 Å². The Morgan fingerprint density at radius 3 is 1.02 bits per heavy atom. The third kappa shape index (κ3) is 9.61. The number of unbranched alkanes of at least 4 members (excludes halogenated alkanes) is 2. The van der Waals surface area contributed by atoms with Crippen LogP contribution in [0.15, 0.2) is 36.4 Å². The molecule has 6 N–H and O–H groups in total. The predicted molar refractivity (Wildman–Crippen MR) is 200 cm³/mol. The van der Waals surface area contributed by atoms with E-state index in [9.17, 15) is 4.79 Å². The molecule has 0 saturated carbocycles. The summed E-state index contributed by atoms with van der Waals surface area (Å²) >= 11 is 0. The number of carbonyl (C=O) groups excluding carboxylic acids is 3. The van der Waals surface area contributed by atoms with Crippen molar-refractivity contribution in [1.29, 1.82) is 0 Å². The van der Waals surface area contributed by atoms with Crippen LogP contribution in [0, 0.1) is 5.41 Å². The van der Waals surface area contributed by atoms with Crippen molar-refractivity contribution in [3.63, 3.8) is 0 Å². The van der Waals surface area contributed by atoms with Crippen LogP contribution in [0.2, 0.25) is 0 Å². The van der Waals surface area contributed by atoms with Gasteiger partial charge in [-0.15, -0.1) is 0 Å². The smallest absolute Gasteiger partial charge is 0.333 e. The van der Waals surface area contributed by atoms with Gasteiger partial charge in [-0.05, 0) is 93.6 Å². The molecule has 0 spiro atoms. The SMILES string of the molecule is CC(C)(C)c1cc(CC2(Cc3cc(C(C)(C)C)cc(C(C)(C)C)c3)C(=O)N(CCCC[NH3+])C(=O)N(CCCC[NH3+])C2=O)cc(C(C)(C)C)c1. The first-order valence-corrected chi connectivity index (χ1v) is 18.5. The summed E-state index contributed by atoms with van der Waals surface area (Å²) in [6, 6.07) is 12.8. The Morgan fingerprint density at radius 2 is 0.776 bits per heavy atom. The van der Waals surface area contributed by atoms with E-state index in [1.165, 1.54) is 32.1 Å². The van der Waals surface area contributed by atoms with Crippen LogP contribution in [-0.4, -0.2) is 53.8 Å². The van der Waals surface area contributed by atoms with E-state index >= 15 is 9.59 Å². The molecule has 4 amide bonds. The van der Waals surface area contributed by atoms with E-state index in [1.54, 1.807) is 0 Å². The predicted octanol–water partition coefficient (Wildman–Crippen LogP) is 6.48. The van der Waals surface area contributed by atoms with Gasteiger partial charge in [0.25, 0.3) is 0 Å². The Morgan fingerprint density at radius 1 is 0.490 bits per heavy atom. The first kappa shape index (κ1) is 40.4. The molecule has 0 unspecified atom stereocenters. The summed E-state index contributed by atoms with van der Waals surface area (Å²) in [5.74, 6) is -0.756. The molecule has 1 heterocycles. The van der Waals surface area contributed by atoms with Crippen molar-refractivity contribution in [2.75, 3.05) is 26.2 Å². The van der Waals surface area contributed by atoms with Crippen molar-refractivity contribution in [2.24, 2.45) is 5.41 Å². The largest absolute Gasteiger partial charge is 0.358 e. The van der Waals surface area contributed by atoms with Crippen molar-refractivity contribution >= 4 is 17.8 Å². The summed E-state index contributed by atoms with van der Waals surface area (Å²) < 4.78 is 0. The molecule has 1 saturated heterocycles. The maximum atomic E-state index is 15.1. The zero-order valence-electron chi connectivity index (χ0n) is 33.1. The van der Waals surface area contributed by atoms with E-state index < -0.39 is 11.4 Å². The number of amides is 4. The normalized spacial score (nSPS) is 16.2. The van der Waals surface area contributed by atoms with Crippen LogP contribution in [0.4, 0.5) is 4.79 Å². The van der Waals surface area contributed by atoms with Gasteiger partial charge in [0, 0.05) is 13.1 Å². The molecule has 7 nitrogen and oxygen atoms in total. The number of imide groups is 2. The first-order chi connectivity index (χ1) is 22.5. The van der Waals surface area contributed by atoms with Gasteiger partial charge in [-0.25, -0.2) is 4.79 Å². The molecule has 0 aromatic heterocycles. The summed E-state index contributed by atoms with van der Waals surface area (Å²) in [4.78, 5) is 47.0. The molecule has 1 fully saturated rings. The molecule has 49 heavy (non-hydrogen) atoms. The zero-order valence-corrected chi connectivity index (χ0v) is 33.1. The van der Waals surface area contributed by atoms with Crippen LogP contribution in [0.3, 0.4) is 0 Å². The zero-order chi connectivity index (χ0) is 37.2. The Bertz CT molecular complexity index is 1320. The summed E-state index contributed by atoms with van der Waals surface area (Å²) in [6.45, 7) is 28.4. The molecular formula is C42H68N4O3+2. The number of nitrogens with zero attached hydrogens (tertiary/aromatic N) is 2. The number of urea groups is 1. The summed E-state index contributed by atoms with van der Waals surface area (Å²) in [5, 5.41) is 0. The van der Waals surface area contributed by atoms with Crippen LogP contribution in [-0.2, 0) is 44.1 Å². The number of carbonyl (C=O) groups is 3. The van der Waals surface area contributed by atoms with Gasteiger partial charge in [0.15, 0.2) is 0 Å². The van der Waals surface area contributed by atoms with Gasteiger partial charge in [0.2, 0.25) is 11.8 Å². The molecule has 2 aromatic rings. The Labute approximate surface area is 297 Å². The fourth-order valence-corrected chi connectivity index (χ4v) is 6.60. The van der Waals surface area contributed by atoms with Crippen molar-refractivity contribution in [3.8, 4) is 0 Å². The molecule has 0 atom stereocenters. The number of rotatable bonds is 12. The second-order valence-electron chi connectivity index (χ2n) is 18.6. The van der Waals surface area contributed by atoms with E-state index in [2.05, 4.69) is 131 Å². The number of barbiturate groups is 1. The molecule has 1 aliphatic heterocycles. The van der Waals surface area contributed by atoms with Gasteiger partial charge in [-0.1, -0.05) is 119 Å². The quantitative estimate of drug-likeness (QED) is 0.198. The lowest BCUT2D eigenvalue weighted by Crippen LogP contribution is -2.67.